The molecular weight excluding hydrogens is 367 g/mol. The van der Waals surface area contributed by atoms with Crippen LogP contribution in [0, 0.1) is 12.7 Å². The summed E-state index contributed by atoms with van der Waals surface area (Å²) in [6.07, 6.45) is 0. The van der Waals surface area contributed by atoms with Crippen molar-refractivity contribution in [1.82, 2.24) is 4.98 Å². The lowest BCUT2D eigenvalue weighted by Crippen LogP contribution is -2.20. The highest BCUT2D eigenvalue weighted by Crippen LogP contribution is 2.30. The van der Waals surface area contributed by atoms with Gasteiger partial charge in [0.1, 0.15) is 11.6 Å². The topological polar surface area (TPSA) is 51.2 Å². The molecule has 0 aliphatic heterocycles. The Morgan fingerprint density at radius 2 is 1.76 bits per heavy atom. The molecule has 0 radical (unpaired) electrons. The summed E-state index contributed by atoms with van der Waals surface area (Å²) in [5.74, 6) is -0.0893. The van der Waals surface area contributed by atoms with E-state index in [-0.39, 0.29) is 18.3 Å². The number of ether oxygens (including phenoxy) is 1. The van der Waals surface area contributed by atoms with Gasteiger partial charge in [0, 0.05) is 22.7 Å². The van der Waals surface area contributed by atoms with Gasteiger partial charge in [-0.3, -0.25) is 4.79 Å². The minimum atomic E-state index is -0.355. The van der Waals surface area contributed by atoms with Gasteiger partial charge in [-0.15, -0.1) is 0 Å². The van der Waals surface area contributed by atoms with E-state index in [1.54, 1.807) is 0 Å². The molecule has 29 heavy (non-hydrogen) atoms. The van der Waals surface area contributed by atoms with Crippen LogP contribution in [0.5, 0.6) is 5.75 Å². The molecule has 0 atom stereocenters. The number of pyridine rings is 1. The first-order valence-corrected chi connectivity index (χ1v) is 9.23. The van der Waals surface area contributed by atoms with Crippen LogP contribution < -0.4 is 10.1 Å². The number of carbonyl (C=O) groups is 1. The molecular formula is C24H19FN2O2. The minimum absolute atomic E-state index is 0.168. The Morgan fingerprint density at radius 1 is 1.00 bits per heavy atom. The first-order valence-electron chi connectivity index (χ1n) is 9.23. The van der Waals surface area contributed by atoms with Crippen molar-refractivity contribution in [2.75, 3.05) is 11.9 Å². The molecule has 1 N–H and O–H groups in total. The van der Waals surface area contributed by atoms with Crippen molar-refractivity contribution >= 4 is 22.5 Å². The van der Waals surface area contributed by atoms with E-state index < -0.39 is 0 Å². The summed E-state index contributed by atoms with van der Waals surface area (Å²) >= 11 is 0. The van der Waals surface area contributed by atoms with Crippen molar-refractivity contribution in [2.24, 2.45) is 0 Å². The standard InChI is InChI=1S/C24H19FN2O2/c1-16-7-12-21-20(13-16)23(14-22(27-21)17-5-3-2-4-6-17)29-15-24(28)26-19-10-8-18(25)9-11-19/h2-14H,15H2,1H3,(H,26,28). The third kappa shape index (κ3) is 4.41. The number of anilines is 1. The molecule has 0 fully saturated rings. The zero-order valence-corrected chi connectivity index (χ0v) is 15.9. The second-order valence-electron chi connectivity index (χ2n) is 6.74. The lowest BCUT2D eigenvalue weighted by molar-refractivity contribution is -0.118. The minimum Gasteiger partial charge on any atom is -0.483 e. The van der Waals surface area contributed by atoms with E-state index in [1.165, 1.54) is 24.3 Å². The number of hydrogen-bond acceptors (Lipinski definition) is 3. The zero-order valence-electron chi connectivity index (χ0n) is 15.9. The largest absolute Gasteiger partial charge is 0.483 e. The molecule has 0 aliphatic rings. The summed E-state index contributed by atoms with van der Waals surface area (Å²) in [4.78, 5) is 17.0. The number of carbonyl (C=O) groups excluding carboxylic acids is 1. The van der Waals surface area contributed by atoms with Gasteiger partial charge in [-0.1, -0.05) is 42.0 Å². The van der Waals surface area contributed by atoms with Gasteiger partial charge in [-0.05, 0) is 43.3 Å². The summed E-state index contributed by atoms with van der Waals surface area (Å²) in [7, 11) is 0. The van der Waals surface area contributed by atoms with E-state index in [0.717, 1.165) is 27.7 Å². The SMILES string of the molecule is Cc1ccc2nc(-c3ccccc3)cc(OCC(=O)Nc3ccc(F)cc3)c2c1. The van der Waals surface area contributed by atoms with Gasteiger partial charge in [-0.25, -0.2) is 9.37 Å². The molecule has 5 heteroatoms. The van der Waals surface area contributed by atoms with Crippen LogP contribution in [0.3, 0.4) is 0 Å². The van der Waals surface area contributed by atoms with Gasteiger partial charge in [0.25, 0.3) is 5.91 Å². The van der Waals surface area contributed by atoms with Crippen LogP contribution in [0.4, 0.5) is 10.1 Å². The molecule has 0 saturated carbocycles. The number of hydrogen-bond donors (Lipinski definition) is 1. The molecule has 4 rings (SSSR count). The number of aromatic nitrogens is 1. The van der Waals surface area contributed by atoms with Crippen LogP contribution in [0.1, 0.15) is 5.56 Å². The molecule has 144 valence electrons. The van der Waals surface area contributed by atoms with Gasteiger partial charge < -0.3 is 10.1 Å². The number of amides is 1. The maximum absolute atomic E-state index is 13.0. The predicted molar refractivity (Wildman–Crippen MR) is 112 cm³/mol. The second kappa shape index (κ2) is 8.10. The average molecular weight is 386 g/mol. The van der Waals surface area contributed by atoms with Crippen LogP contribution >= 0.6 is 0 Å². The molecule has 0 bridgehead atoms. The molecule has 0 aliphatic carbocycles. The van der Waals surface area contributed by atoms with Gasteiger partial charge in [0.2, 0.25) is 0 Å². The van der Waals surface area contributed by atoms with Gasteiger partial charge in [-0.2, -0.15) is 0 Å². The van der Waals surface area contributed by atoms with Crippen LogP contribution in [-0.4, -0.2) is 17.5 Å². The monoisotopic (exact) mass is 386 g/mol. The first kappa shape index (κ1) is 18.6. The van der Waals surface area contributed by atoms with E-state index in [4.69, 9.17) is 9.72 Å². The first-order chi connectivity index (χ1) is 14.1. The number of nitrogens with zero attached hydrogens (tertiary/aromatic N) is 1. The highest BCUT2D eigenvalue weighted by molar-refractivity contribution is 5.93. The normalized spacial score (nSPS) is 10.7. The number of nitrogens with one attached hydrogen (secondary N) is 1. The molecule has 1 aromatic heterocycles. The molecule has 4 nitrogen and oxygen atoms in total. The highest BCUT2D eigenvalue weighted by atomic mass is 19.1. The van der Waals surface area contributed by atoms with Gasteiger partial charge in [0.15, 0.2) is 6.61 Å². The van der Waals surface area contributed by atoms with Crippen LogP contribution in [0.25, 0.3) is 22.2 Å². The summed E-state index contributed by atoms with van der Waals surface area (Å²) < 4.78 is 18.9. The summed E-state index contributed by atoms with van der Waals surface area (Å²) in [6, 6.07) is 23.2. The molecule has 1 amide bonds. The van der Waals surface area contributed by atoms with Crippen LogP contribution in [-0.2, 0) is 4.79 Å². The van der Waals surface area contributed by atoms with Crippen LogP contribution in [0.2, 0.25) is 0 Å². The molecule has 3 aromatic carbocycles. The van der Waals surface area contributed by atoms with Crippen molar-refractivity contribution in [2.45, 2.75) is 6.92 Å². The highest BCUT2D eigenvalue weighted by Gasteiger charge is 2.11. The lowest BCUT2D eigenvalue weighted by Gasteiger charge is -2.12. The van der Waals surface area contributed by atoms with E-state index in [0.29, 0.717) is 11.4 Å². The quantitative estimate of drug-likeness (QED) is 0.502. The van der Waals surface area contributed by atoms with Crippen molar-refractivity contribution < 1.29 is 13.9 Å². The number of halogens is 1. The van der Waals surface area contributed by atoms with E-state index in [9.17, 15) is 9.18 Å². The summed E-state index contributed by atoms with van der Waals surface area (Å²) in [5.41, 5.74) is 4.13. The Morgan fingerprint density at radius 3 is 2.52 bits per heavy atom. The number of aryl methyl sites for hydroxylation is 1. The smallest absolute Gasteiger partial charge is 0.262 e. The Hall–Kier alpha value is -3.73. The molecule has 0 spiro atoms. The fourth-order valence-corrected chi connectivity index (χ4v) is 3.06. The second-order valence-corrected chi connectivity index (χ2v) is 6.74. The predicted octanol–water partition coefficient (Wildman–Crippen LogP) is 5.37. The van der Waals surface area contributed by atoms with Crippen molar-refractivity contribution in [3.8, 4) is 17.0 Å². The maximum atomic E-state index is 13.0. The Balaban J connectivity index is 1.60. The van der Waals surface area contributed by atoms with Crippen molar-refractivity contribution in [1.29, 1.82) is 0 Å². The average Bonchev–Trinajstić information content (AvgIpc) is 2.74. The van der Waals surface area contributed by atoms with Gasteiger partial charge >= 0.3 is 0 Å². The fraction of sp³-hybridized carbons (Fsp3) is 0.0833. The van der Waals surface area contributed by atoms with Gasteiger partial charge in [0.05, 0.1) is 11.2 Å². The van der Waals surface area contributed by atoms with Crippen LogP contribution in [0.15, 0.2) is 78.9 Å². The Labute approximate surface area is 168 Å². The van der Waals surface area contributed by atoms with E-state index in [1.807, 2.05) is 61.5 Å². The number of rotatable bonds is 5. The molecule has 0 unspecified atom stereocenters. The van der Waals surface area contributed by atoms with Crippen molar-refractivity contribution in [3.63, 3.8) is 0 Å². The zero-order chi connectivity index (χ0) is 20.2. The molecule has 1 heterocycles. The van der Waals surface area contributed by atoms with E-state index in [2.05, 4.69) is 5.32 Å². The number of benzene rings is 3. The molecule has 4 aromatic rings. The summed E-state index contributed by atoms with van der Waals surface area (Å²) in [5, 5.41) is 3.55. The molecule has 0 saturated heterocycles. The maximum Gasteiger partial charge on any atom is 0.262 e. The third-order valence-corrected chi connectivity index (χ3v) is 4.48. The van der Waals surface area contributed by atoms with Crippen molar-refractivity contribution in [3.05, 3.63) is 90.2 Å². The van der Waals surface area contributed by atoms with E-state index >= 15 is 0 Å². The Kier molecular flexibility index (Phi) is 5.20. The third-order valence-electron chi connectivity index (χ3n) is 4.48. The lowest BCUT2D eigenvalue weighted by atomic mass is 10.1. The fourth-order valence-electron chi connectivity index (χ4n) is 3.06. The summed E-state index contributed by atoms with van der Waals surface area (Å²) in [6.45, 7) is 1.83. The Bertz CT molecular complexity index is 1160. The number of fused-ring (bicyclic) bond motifs is 1.